The number of hydrogen-bond donors (Lipinski definition) is 0. The molecule has 0 aliphatic carbocycles. The Labute approximate surface area is 136 Å². The Morgan fingerprint density at radius 1 is 1.26 bits per heavy atom. The minimum absolute atomic E-state index is 0.00482. The molecule has 1 heterocycles. The number of benzene rings is 1. The second-order valence-corrected chi connectivity index (χ2v) is 7.83. The lowest BCUT2D eigenvalue weighted by atomic mass is 10.1. The van der Waals surface area contributed by atoms with E-state index in [2.05, 4.69) is 9.97 Å². The Kier molecular flexibility index (Phi) is 5.20. The fourth-order valence-corrected chi connectivity index (χ4v) is 4.03. The highest BCUT2D eigenvalue weighted by Crippen LogP contribution is 2.40. The molecule has 0 aliphatic heterocycles. The normalized spacial score (nSPS) is 14.5. The summed E-state index contributed by atoms with van der Waals surface area (Å²) in [5.41, 5.74) is 0.397. The first kappa shape index (κ1) is 18.0. The summed E-state index contributed by atoms with van der Waals surface area (Å²) in [5, 5.41) is 0.156. The van der Waals surface area contributed by atoms with E-state index in [-0.39, 0.29) is 28.9 Å². The number of aromatic nitrogens is 2. The summed E-state index contributed by atoms with van der Waals surface area (Å²) in [6, 6.07) is 7.56. The molecule has 0 saturated carbocycles. The fourth-order valence-electron chi connectivity index (χ4n) is 2.00. The molecule has 0 fully saturated rings. The van der Waals surface area contributed by atoms with E-state index in [1.807, 2.05) is 0 Å². The average Bonchev–Trinajstić information content (AvgIpc) is 2.45. The van der Waals surface area contributed by atoms with Crippen LogP contribution in [0.3, 0.4) is 0 Å². The molecule has 124 valence electrons. The van der Waals surface area contributed by atoms with Crippen LogP contribution in [-0.4, -0.2) is 16.6 Å². The lowest BCUT2D eigenvalue weighted by Gasteiger charge is -2.29. The van der Waals surface area contributed by atoms with Crippen molar-refractivity contribution in [1.82, 2.24) is 9.97 Å². The predicted molar refractivity (Wildman–Crippen MR) is 82.8 cm³/mol. The van der Waals surface area contributed by atoms with Gasteiger partial charge in [-0.25, -0.2) is 9.97 Å². The summed E-state index contributed by atoms with van der Waals surface area (Å²) in [5.74, 6) is -1.25. The van der Waals surface area contributed by atoms with Gasteiger partial charge in [0.05, 0.1) is 5.69 Å². The van der Waals surface area contributed by atoms with E-state index in [1.165, 1.54) is 25.1 Å². The van der Waals surface area contributed by atoms with Crippen LogP contribution < -0.4 is 10.2 Å². The van der Waals surface area contributed by atoms with Crippen LogP contribution in [0.5, 0.6) is 0 Å². The average molecular weight is 361 g/mol. The maximum Gasteiger partial charge on any atom is 0.451 e. The largest absolute Gasteiger partial charge is 0.797 e. The van der Waals surface area contributed by atoms with Gasteiger partial charge >= 0.3 is 6.18 Å². The lowest BCUT2D eigenvalue weighted by molar-refractivity contribution is -0.177. The molecule has 1 aromatic carbocycles. The Morgan fingerprint density at radius 3 is 2.52 bits per heavy atom. The summed E-state index contributed by atoms with van der Waals surface area (Å²) in [7, 11) is 0. The summed E-state index contributed by atoms with van der Waals surface area (Å²) < 4.78 is 43.8. The van der Waals surface area contributed by atoms with Crippen molar-refractivity contribution in [2.75, 3.05) is 6.61 Å². The molecule has 2 rings (SSSR count). The van der Waals surface area contributed by atoms with E-state index in [1.54, 1.807) is 19.1 Å². The number of hydrogen-bond acceptors (Lipinski definition) is 5. The summed E-state index contributed by atoms with van der Waals surface area (Å²) in [6.07, 6.45) is -4.67. The molecule has 0 saturated heterocycles. The summed E-state index contributed by atoms with van der Waals surface area (Å²) in [4.78, 5) is 19.5. The molecule has 1 atom stereocenters. The van der Waals surface area contributed by atoms with Gasteiger partial charge in [-0.05, 0) is 19.9 Å². The predicted octanol–water partition coefficient (Wildman–Crippen LogP) is 2.80. The zero-order chi connectivity index (χ0) is 17.3. The van der Waals surface area contributed by atoms with Crippen molar-refractivity contribution in [3.05, 3.63) is 41.9 Å². The fraction of sp³-hybridized carbons (Fsp3) is 0.286. The number of rotatable bonds is 4. The van der Waals surface area contributed by atoms with E-state index in [0.29, 0.717) is 0 Å². The third kappa shape index (κ3) is 4.14. The molecular formula is C14H13F3N2O2PS-. The maximum atomic E-state index is 12.9. The molecule has 4 nitrogen and oxygen atoms in total. The van der Waals surface area contributed by atoms with Crippen LogP contribution in [0.15, 0.2) is 30.3 Å². The van der Waals surface area contributed by atoms with Crippen LogP contribution in [0.2, 0.25) is 0 Å². The lowest BCUT2D eigenvalue weighted by Crippen LogP contribution is -2.20. The highest BCUT2D eigenvalue weighted by atomic mass is 32.5. The molecule has 9 heteroatoms. The van der Waals surface area contributed by atoms with Crippen LogP contribution in [0.1, 0.15) is 18.4 Å². The number of alkyl halides is 3. The van der Waals surface area contributed by atoms with E-state index >= 15 is 0 Å². The monoisotopic (exact) mass is 361 g/mol. The molecule has 2 aromatic rings. The number of nitrogens with zero attached hydrogens (tertiary/aromatic N) is 2. The first-order chi connectivity index (χ1) is 10.6. The standard InChI is InChI=1S/C14H14F3N2O2PS/c1-3-21-22(20,23)12-7-5-4-6-10(12)11-8-9(2)18-13(19-11)14(15,16)17/h4-8H,3H2,1-2H3,(H,20,23)/p-1. The minimum Gasteiger partial charge on any atom is -0.797 e. The molecule has 0 amide bonds. The second kappa shape index (κ2) is 6.65. The molecule has 23 heavy (non-hydrogen) atoms. The topological polar surface area (TPSA) is 58.1 Å². The Morgan fingerprint density at radius 2 is 1.91 bits per heavy atom. The van der Waals surface area contributed by atoms with Crippen molar-refractivity contribution in [3.63, 3.8) is 0 Å². The van der Waals surface area contributed by atoms with Crippen molar-refractivity contribution < 1.29 is 22.6 Å². The third-order valence-electron chi connectivity index (χ3n) is 2.88. The molecule has 0 bridgehead atoms. The number of aryl methyl sites for hydroxylation is 1. The smallest absolute Gasteiger partial charge is 0.451 e. The van der Waals surface area contributed by atoms with Gasteiger partial charge in [0.1, 0.15) is 0 Å². The van der Waals surface area contributed by atoms with E-state index in [4.69, 9.17) is 16.3 Å². The van der Waals surface area contributed by atoms with Gasteiger partial charge in [-0.15, -0.1) is 0 Å². The van der Waals surface area contributed by atoms with Crippen molar-refractivity contribution >= 4 is 23.6 Å². The van der Waals surface area contributed by atoms with E-state index in [9.17, 15) is 18.1 Å². The summed E-state index contributed by atoms with van der Waals surface area (Å²) in [6.45, 7) is -0.380. The van der Waals surface area contributed by atoms with Crippen LogP contribution in [0.25, 0.3) is 11.3 Å². The van der Waals surface area contributed by atoms with Gasteiger partial charge in [-0.3, -0.25) is 0 Å². The molecule has 0 radical (unpaired) electrons. The molecule has 0 N–H and O–H groups in total. The molecular weight excluding hydrogens is 348 g/mol. The van der Waals surface area contributed by atoms with Gasteiger partial charge in [0.2, 0.25) is 5.82 Å². The van der Waals surface area contributed by atoms with Crippen LogP contribution in [0, 0.1) is 6.92 Å². The van der Waals surface area contributed by atoms with Gasteiger partial charge in [0, 0.05) is 29.7 Å². The SMILES string of the molecule is CCOP([O-])(=S)c1ccccc1-c1cc(C)nc(C(F)(F)F)n1. The van der Waals surface area contributed by atoms with Gasteiger partial charge in [-0.1, -0.05) is 36.1 Å². The van der Waals surface area contributed by atoms with Gasteiger partial charge in [0.25, 0.3) is 0 Å². The molecule has 0 spiro atoms. The quantitative estimate of drug-likeness (QED) is 0.784. The Hall–Kier alpha value is -1.34. The first-order valence-electron chi connectivity index (χ1n) is 6.63. The summed E-state index contributed by atoms with van der Waals surface area (Å²) >= 11 is 5.00. The minimum atomic E-state index is -4.67. The Bertz CT molecular complexity index is 768. The van der Waals surface area contributed by atoms with Crippen molar-refractivity contribution in [3.8, 4) is 11.3 Å². The van der Waals surface area contributed by atoms with Crippen LogP contribution in [-0.2, 0) is 22.5 Å². The second-order valence-electron chi connectivity index (χ2n) is 4.65. The van der Waals surface area contributed by atoms with Gasteiger partial charge < -0.3 is 9.42 Å². The first-order valence-corrected chi connectivity index (χ1v) is 9.27. The zero-order valence-corrected chi connectivity index (χ0v) is 14.0. The highest BCUT2D eigenvalue weighted by Gasteiger charge is 2.35. The zero-order valence-electron chi connectivity index (χ0n) is 12.3. The van der Waals surface area contributed by atoms with E-state index < -0.39 is 18.5 Å². The van der Waals surface area contributed by atoms with E-state index in [0.717, 1.165) is 0 Å². The molecule has 1 unspecified atom stereocenters. The van der Waals surface area contributed by atoms with Gasteiger partial charge in [0.15, 0.2) is 0 Å². The van der Waals surface area contributed by atoms with Crippen molar-refractivity contribution in [2.45, 2.75) is 20.0 Å². The van der Waals surface area contributed by atoms with Crippen molar-refractivity contribution in [1.29, 1.82) is 0 Å². The molecule has 1 aromatic heterocycles. The maximum absolute atomic E-state index is 12.9. The number of halogens is 3. The van der Waals surface area contributed by atoms with Crippen molar-refractivity contribution in [2.24, 2.45) is 0 Å². The third-order valence-corrected chi connectivity index (χ3v) is 5.37. The van der Waals surface area contributed by atoms with Crippen LogP contribution in [0.4, 0.5) is 13.2 Å². The highest BCUT2D eigenvalue weighted by molar-refractivity contribution is 8.12. The molecule has 0 aliphatic rings. The van der Waals surface area contributed by atoms with Crippen LogP contribution >= 0.6 is 6.49 Å². The van der Waals surface area contributed by atoms with Gasteiger partial charge in [-0.2, -0.15) is 13.2 Å². The Balaban J connectivity index is 2.65.